The third-order valence-electron chi connectivity index (χ3n) is 3.52. The predicted octanol–water partition coefficient (Wildman–Crippen LogP) is 5.40. The summed E-state index contributed by atoms with van der Waals surface area (Å²) < 4.78 is 1.10. The van der Waals surface area contributed by atoms with Gasteiger partial charge in [0.05, 0.1) is 9.99 Å². The van der Waals surface area contributed by atoms with Crippen LogP contribution in [0.25, 0.3) is 10.9 Å². The summed E-state index contributed by atoms with van der Waals surface area (Å²) in [5, 5.41) is 1.19. The Balaban J connectivity index is 2.32. The Labute approximate surface area is 130 Å². The van der Waals surface area contributed by atoms with Gasteiger partial charge in [-0.3, -0.25) is 0 Å². The molecule has 1 aromatic carbocycles. The molecule has 3 heteroatoms. The van der Waals surface area contributed by atoms with Gasteiger partial charge in [0.15, 0.2) is 0 Å². The molecule has 0 saturated carbocycles. The number of rotatable bonds is 7. The normalized spacial score (nSPS) is 10.9. The number of benzene rings is 1. The van der Waals surface area contributed by atoms with Crippen molar-refractivity contribution in [1.29, 1.82) is 0 Å². The number of nitrogens with zero attached hydrogens (tertiary/aromatic N) is 2. The van der Waals surface area contributed by atoms with E-state index in [1.54, 1.807) is 0 Å². The van der Waals surface area contributed by atoms with E-state index < -0.39 is 0 Å². The molecule has 0 aliphatic rings. The molecular formula is C17H23BrN2. The zero-order valence-corrected chi connectivity index (χ0v) is 14.0. The first-order chi connectivity index (χ1) is 9.76. The molecule has 108 valence electrons. The van der Waals surface area contributed by atoms with E-state index in [9.17, 15) is 0 Å². The van der Waals surface area contributed by atoms with E-state index in [1.165, 1.54) is 31.1 Å². The number of para-hydroxylation sites is 1. The lowest BCUT2D eigenvalue weighted by Crippen LogP contribution is -2.27. The lowest BCUT2D eigenvalue weighted by atomic mass is 10.2. The molecule has 1 heterocycles. The molecule has 0 N–H and O–H groups in total. The first-order valence-electron chi connectivity index (χ1n) is 7.56. The Bertz CT molecular complexity index is 546. The van der Waals surface area contributed by atoms with Crippen molar-refractivity contribution >= 4 is 32.7 Å². The van der Waals surface area contributed by atoms with Gasteiger partial charge in [0.1, 0.15) is 5.82 Å². The van der Waals surface area contributed by atoms with Gasteiger partial charge < -0.3 is 4.90 Å². The average Bonchev–Trinajstić information content (AvgIpc) is 2.47. The van der Waals surface area contributed by atoms with Crippen LogP contribution >= 0.6 is 15.9 Å². The van der Waals surface area contributed by atoms with Crippen molar-refractivity contribution in [3.8, 4) is 0 Å². The largest absolute Gasteiger partial charge is 0.356 e. The fourth-order valence-electron chi connectivity index (χ4n) is 2.32. The number of pyridine rings is 1. The van der Waals surface area contributed by atoms with Crippen LogP contribution in [0.4, 0.5) is 5.82 Å². The van der Waals surface area contributed by atoms with E-state index >= 15 is 0 Å². The van der Waals surface area contributed by atoms with E-state index in [-0.39, 0.29) is 0 Å². The van der Waals surface area contributed by atoms with E-state index in [2.05, 4.69) is 65.0 Å². The van der Waals surface area contributed by atoms with Gasteiger partial charge in [0.25, 0.3) is 0 Å². The molecule has 20 heavy (non-hydrogen) atoms. The Morgan fingerprint density at radius 3 is 2.35 bits per heavy atom. The summed E-state index contributed by atoms with van der Waals surface area (Å²) in [5.74, 6) is 1.09. The van der Waals surface area contributed by atoms with Gasteiger partial charge in [-0.2, -0.15) is 0 Å². The first-order valence-corrected chi connectivity index (χ1v) is 8.35. The minimum atomic E-state index is 1.07. The standard InChI is InChI=1S/C17H23BrN2/c1-3-5-11-20(12-6-4-2)17-15(18)13-14-9-7-8-10-16(14)19-17/h7-10,13H,3-6,11-12H2,1-2H3. The van der Waals surface area contributed by atoms with Crippen LogP contribution in [0.1, 0.15) is 39.5 Å². The highest BCUT2D eigenvalue weighted by Crippen LogP contribution is 2.28. The maximum Gasteiger partial charge on any atom is 0.143 e. The summed E-state index contributed by atoms with van der Waals surface area (Å²) in [5.41, 5.74) is 1.07. The summed E-state index contributed by atoms with van der Waals surface area (Å²) in [6, 6.07) is 10.5. The third-order valence-corrected chi connectivity index (χ3v) is 4.11. The molecule has 0 aliphatic heterocycles. The number of aromatic nitrogens is 1. The molecule has 2 rings (SSSR count). The van der Waals surface area contributed by atoms with E-state index in [0.717, 1.165) is 28.9 Å². The van der Waals surface area contributed by atoms with Gasteiger partial charge in [-0.1, -0.05) is 44.9 Å². The molecule has 0 spiro atoms. The van der Waals surface area contributed by atoms with Crippen LogP contribution in [0.5, 0.6) is 0 Å². The van der Waals surface area contributed by atoms with Gasteiger partial charge >= 0.3 is 0 Å². The Morgan fingerprint density at radius 1 is 1.05 bits per heavy atom. The molecule has 0 atom stereocenters. The van der Waals surface area contributed by atoms with Gasteiger partial charge in [-0.05, 0) is 40.9 Å². The highest BCUT2D eigenvalue weighted by Gasteiger charge is 2.12. The number of halogens is 1. The van der Waals surface area contributed by atoms with Crippen LogP contribution in [0.2, 0.25) is 0 Å². The summed E-state index contributed by atoms with van der Waals surface area (Å²) in [7, 11) is 0. The minimum absolute atomic E-state index is 1.07. The van der Waals surface area contributed by atoms with Gasteiger partial charge in [0, 0.05) is 18.5 Å². The molecule has 0 amide bonds. The number of hydrogen-bond donors (Lipinski definition) is 0. The molecule has 0 fully saturated rings. The third kappa shape index (κ3) is 3.72. The molecular weight excluding hydrogens is 312 g/mol. The molecule has 0 radical (unpaired) electrons. The van der Waals surface area contributed by atoms with Crippen molar-refractivity contribution in [3.05, 3.63) is 34.8 Å². The SMILES string of the molecule is CCCCN(CCCC)c1nc2ccccc2cc1Br. The smallest absolute Gasteiger partial charge is 0.143 e. The fourth-order valence-corrected chi connectivity index (χ4v) is 2.91. The van der Waals surface area contributed by atoms with Crippen molar-refractivity contribution in [1.82, 2.24) is 4.98 Å². The molecule has 0 aliphatic carbocycles. The van der Waals surface area contributed by atoms with Crippen molar-refractivity contribution in [2.45, 2.75) is 39.5 Å². The molecule has 0 bridgehead atoms. The molecule has 1 aromatic heterocycles. The van der Waals surface area contributed by atoms with Crippen LogP contribution in [0, 0.1) is 0 Å². The topological polar surface area (TPSA) is 16.1 Å². The Kier molecular flexibility index (Phi) is 5.84. The van der Waals surface area contributed by atoms with E-state index in [1.807, 2.05) is 0 Å². The molecule has 2 nitrogen and oxygen atoms in total. The van der Waals surface area contributed by atoms with Crippen LogP contribution < -0.4 is 4.90 Å². The maximum atomic E-state index is 4.86. The number of anilines is 1. The van der Waals surface area contributed by atoms with Gasteiger partial charge in [-0.15, -0.1) is 0 Å². The van der Waals surface area contributed by atoms with Crippen molar-refractivity contribution in [3.63, 3.8) is 0 Å². The second-order valence-corrected chi connectivity index (χ2v) is 6.03. The van der Waals surface area contributed by atoms with Crippen LogP contribution in [0.3, 0.4) is 0 Å². The molecule has 2 aromatic rings. The zero-order chi connectivity index (χ0) is 14.4. The summed E-state index contributed by atoms with van der Waals surface area (Å²) >= 11 is 3.70. The Hall–Kier alpha value is -1.09. The lowest BCUT2D eigenvalue weighted by Gasteiger charge is -2.25. The predicted molar refractivity (Wildman–Crippen MR) is 91.5 cm³/mol. The Morgan fingerprint density at radius 2 is 1.70 bits per heavy atom. The second kappa shape index (κ2) is 7.63. The number of hydrogen-bond acceptors (Lipinski definition) is 2. The van der Waals surface area contributed by atoms with Crippen molar-refractivity contribution < 1.29 is 0 Å². The van der Waals surface area contributed by atoms with Crippen LogP contribution in [-0.2, 0) is 0 Å². The highest BCUT2D eigenvalue weighted by molar-refractivity contribution is 9.10. The van der Waals surface area contributed by atoms with Crippen molar-refractivity contribution in [2.24, 2.45) is 0 Å². The molecule has 0 unspecified atom stereocenters. The van der Waals surface area contributed by atoms with Crippen molar-refractivity contribution in [2.75, 3.05) is 18.0 Å². The zero-order valence-electron chi connectivity index (χ0n) is 12.4. The summed E-state index contributed by atoms with van der Waals surface area (Å²) in [6.45, 7) is 6.64. The first kappa shape index (κ1) is 15.3. The number of fused-ring (bicyclic) bond motifs is 1. The van der Waals surface area contributed by atoms with Crippen LogP contribution in [-0.4, -0.2) is 18.1 Å². The fraction of sp³-hybridized carbons (Fsp3) is 0.471. The number of unbranched alkanes of at least 4 members (excludes halogenated alkanes) is 2. The summed E-state index contributed by atoms with van der Waals surface area (Å²) in [4.78, 5) is 7.28. The molecule has 0 saturated heterocycles. The van der Waals surface area contributed by atoms with Gasteiger partial charge in [0.2, 0.25) is 0 Å². The second-order valence-electron chi connectivity index (χ2n) is 5.18. The minimum Gasteiger partial charge on any atom is -0.356 e. The summed E-state index contributed by atoms with van der Waals surface area (Å²) in [6.07, 6.45) is 4.86. The average molecular weight is 335 g/mol. The van der Waals surface area contributed by atoms with E-state index in [0.29, 0.717) is 0 Å². The van der Waals surface area contributed by atoms with E-state index in [4.69, 9.17) is 4.98 Å². The van der Waals surface area contributed by atoms with Gasteiger partial charge in [-0.25, -0.2) is 4.98 Å². The lowest BCUT2D eigenvalue weighted by molar-refractivity contribution is 0.671. The maximum absolute atomic E-state index is 4.86. The monoisotopic (exact) mass is 334 g/mol. The van der Waals surface area contributed by atoms with Crippen LogP contribution in [0.15, 0.2) is 34.8 Å². The quantitative estimate of drug-likeness (QED) is 0.673. The highest BCUT2D eigenvalue weighted by atomic mass is 79.9.